The van der Waals surface area contributed by atoms with Crippen LogP contribution in [0.15, 0.2) is 18.3 Å². The molecule has 0 saturated heterocycles. The van der Waals surface area contributed by atoms with E-state index in [0.717, 1.165) is 12.1 Å². The summed E-state index contributed by atoms with van der Waals surface area (Å²) in [5.41, 5.74) is 1.96. The van der Waals surface area contributed by atoms with E-state index in [1.54, 1.807) is 6.92 Å². The Morgan fingerprint density at radius 3 is 2.75 bits per heavy atom. The summed E-state index contributed by atoms with van der Waals surface area (Å²) in [6.45, 7) is 8.20. The van der Waals surface area contributed by atoms with Gasteiger partial charge in [0.05, 0.1) is 17.8 Å². The van der Waals surface area contributed by atoms with Crippen LogP contribution in [-0.4, -0.2) is 17.3 Å². The van der Waals surface area contributed by atoms with Gasteiger partial charge in [0.25, 0.3) is 0 Å². The molecule has 0 aliphatic carbocycles. The lowest BCUT2D eigenvalue weighted by Crippen LogP contribution is -2.42. The molecule has 0 aliphatic rings. The average Bonchev–Trinajstić information content (AvgIpc) is 2.26. The van der Waals surface area contributed by atoms with Crippen LogP contribution >= 0.6 is 0 Å². The van der Waals surface area contributed by atoms with Crippen molar-refractivity contribution in [3.8, 4) is 0 Å². The summed E-state index contributed by atoms with van der Waals surface area (Å²) in [6.07, 6.45) is 2.71. The maximum Gasteiger partial charge on any atom is 0.143 e. The van der Waals surface area contributed by atoms with Gasteiger partial charge >= 0.3 is 0 Å². The molecule has 88 valence electrons. The fourth-order valence-electron chi connectivity index (χ4n) is 1.55. The summed E-state index contributed by atoms with van der Waals surface area (Å²) in [4.78, 5) is 15.4. The van der Waals surface area contributed by atoms with E-state index in [0.29, 0.717) is 6.54 Å². The number of nitrogens with zero attached hydrogens (tertiary/aromatic N) is 1. The summed E-state index contributed by atoms with van der Waals surface area (Å²) in [5, 5.41) is 3.28. The van der Waals surface area contributed by atoms with Gasteiger partial charge in [-0.2, -0.15) is 0 Å². The standard InChI is InChI=1S/C13H20N2O/c1-5-13(4,15-9-11(3)16)12-8-10(2)6-7-14-12/h6-8,15H,5,9H2,1-4H3. The highest BCUT2D eigenvalue weighted by Crippen LogP contribution is 2.22. The first-order valence-electron chi connectivity index (χ1n) is 5.65. The molecule has 0 bridgehead atoms. The van der Waals surface area contributed by atoms with Gasteiger partial charge in [0.15, 0.2) is 0 Å². The minimum atomic E-state index is -0.225. The fourth-order valence-corrected chi connectivity index (χ4v) is 1.55. The van der Waals surface area contributed by atoms with Gasteiger partial charge in [-0.05, 0) is 44.9 Å². The molecule has 1 unspecified atom stereocenters. The second kappa shape index (κ2) is 5.21. The third-order valence-electron chi connectivity index (χ3n) is 2.92. The number of aromatic nitrogens is 1. The maximum absolute atomic E-state index is 11.0. The third kappa shape index (κ3) is 3.14. The highest BCUT2D eigenvalue weighted by atomic mass is 16.1. The molecule has 0 amide bonds. The smallest absolute Gasteiger partial charge is 0.143 e. The van der Waals surface area contributed by atoms with Crippen LogP contribution < -0.4 is 5.32 Å². The Balaban J connectivity index is 2.90. The molecular weight excluding hydrogens is 200 g/mol. The molecule has 0 saturated carbocycles. The Labute approximate surface area is 97.3 Å². The molecule has 3 nitrogen and oxygen atoms in total. The van der Waals surface area contributed by atoms with Crippen LogP contribution in [0.1, 0.15) is 38.4 Å². The SMILES string of the molecule is CCC(C)(NCC(C)=O)c1cc(C)ccn1. The van der Waals surface area contributed by atoms with E-state index in [2.05, 4.69) is 30.2 Å². The Bertz CT molecular complexity index is 376. The summed E-state index contributed by atoms with van der Waals surface area (Å²) < 4.78 is 0. The molecule has 0 aliphatic heterocycles. The third-order valence-corrected chi connectivity index (χ3v) is 2.92. The van der Waals surface area contributed by atoms with Crippen molar-refractivity contribution in [2.24, 2.45) is 0 Å². The quantitative estimate of drug-likeness (QED) is 0.827. The van der Waals surface area contributed by atoms with E-state index < -0.39 is 0 Å². The Morgan fingerprint density at radius 2 is 2.25 bits per heavy atom. The van der Waals surface area contributed by atoms with Gasteiger partial charge in [-0.15, -0.1) is 0 Å². The molecular formula is C13H20N2O. The average molecular weight is 220 g/mol. The van der Waals surface area contributed by atoms with Gasteiger partial charge < -0.3 is 0 Å². The van der Waals surface area contributed by atoms with E-state index in [9.17, 15) is 4.79 Å². The lowest BCUT2D eigenvalue weighted by Gasteiger charge is -2.29. The molecule has 16 heavy (non-hydrogen) atoms. The van der Waals surface area contributed by atoms with E-state index in [-0.39, 0.29) is 11.3 Å². The van der Waals surface area contributed by atoms with E-state index in [1.807, 2.05) is 19.2 Å². The Hall–Kier alpha value is -1.22. The fraction of sp³-hybridized carbons (Fsp3) is 0.538. The Morgan fingerprint density at radius 1 is 1.56 bits per heavy atom. The number of carbonyl (C=O) groups excluding carboxylic acids is 1. The number of rotatable bonds is 5. The number of ketones is 1. The van der Waals surface area contributed by atoms with Crippen molar-refractivity contribution in [3.63, 3.8) is 0 Å². The monoisotopic (exact) mass is 220 g/mol. The summed E-state index contributed by atoms with van der Waals surface area (Å²) in [5.74, 6) is 0.146. The molecule has 1 rings (SSSR count). The van der Waals surface area contributed by atoms with Gasteiger partial charge in [-0.1, -0.05) is 6.92 Å². The van der Waals surface area contributed by atoms with Crippen LogP contribution in [-0.2, 0) is 10.3 Å². The van der Waals surface area contributed by atoms with Gasteiger partial charge in [0.1, 0.15) is 5.78 Å². The minimum absolute atomic E-state index is 0.146. The normalized spacial score (nSPS) is 14.5. The van der Waals surface area contributed by atoms with Crippen molar-refractivity contribution >= 4 is 5.78 Å². The molecule has 0 radical (unpaired) electrons. The molecule has 3 heteroatoms. The summed E-state index contributed by atoms with van der Waals surface area (Å²) >= 11 is 0. The van der Waals surface area contributed by atoms with Crippen molar-refractivity contribution in [2.45, 2.75) is 39.7 Å². The molecule has 1 atom stereocenters. The van der Waals surface area contributed by atoms with Crippen LogP contribution in [0.2, 0.25) is 0 Å². The predicted octanol–water partition coefficient (Wildman–Crippen LogP) is 2.19. The zero-order valence-corrected chi connectivity index (χ0v) is 10.5. The van der Waals surface area contributed by atoms with Crippen molar-refractivity contribution < 1.29 is 4.79 Å². The highest BCUT2D eigenvalue weighted by Gasteiger charge is 2.25. The van der Waals surface area contributed by atoms with Crippen LogP contribution in [0.25, 0.3) is 0 Å². The van der Waals surface area contributed by atoms with Gasteiger partial charge in [-0.3, -0.25) is 15.1 Å². The summed E-state index contributed by atoms with van der Waals surface area (Å²) in [7, 11) is 0. The largest absolute Gasteiger partial charge is 0.299 e. The lowest BCUT2D eigenvalue weighted by atomic mass is 9.93. The van der Waals surface area contributed by atoms with Gasteiger partial charge in [-0.25, -0.2) is 0 Å². The van der Waals surface area contributed by atoms with Gasteiger partial charge in [0, 0.05) is 6.20 Å². The molecule has 1 aromatic heterocycles. The zero-order chi connectivity index (χ0) is 12.2. The predicted molar refractivity (Wildman–Crippen MR) is 65.3 cm³/mol. The van der Waals surface area contributed by atoms with Crippen molar-refractivity contribution in [1.29, 1.82) is 0 Å². The van der Waals surface area contributed by atoms with Crippen LogP contribution in [0, 0.1) is 6.92 Å². The molecule has 0 spiro atoms. The topological polar surface area (TPSA) is 42.0 Å². The second-order valence-corrected chi connectivity index (χ2v) is 4.46. The number of pyridine rings is 1. The first-order chi connectivity index (χ1) is 7.48. The number of nitrogens with one attached hydrogen (secondary N) is 1. The lowest BCUT2D eigenvalue weighted by molar-refractivity contribution is -0.116. The minimum Gasteiger partial charge on any atom is -0.299 e. The molecule has 1 heterocycles. The first kappa shape index (κ1) is 12.8. The Kier molecular flexibility index (Phi) is 4.19. The van der Waals surface area contributed by atoms with Crippen molar-refractivity contribution in [2.75, 3.05) is 6.54 Å². The van der Waals surface area contributed by atoms with Crippen LogP contribution in [0.3, 0.4) is 0 Å². The number of aryl methyl sites for hydroxylation is 1. The van der Waals surface area contributed by atoms with Crippen molar-refractivity contribution in [3.05, 3.63) is 29.6 Å². The highest BCUT2D eigenvalue weighted by molar-refractivity contribution is 5.77. The molecule has 1 aromatic rings. The van der Waals surface area contributed by atoms with Crippen molar-refractivity contribution in [1.82, 2.24) is 10.3 Å². The number of carbonyl (C=O) groups is 1. The molecule has 0 fully saturated rings. The maximum atomic E-state index is 11.0. The molecule has 1 N–H and O–H groups in total. The van der Waals surface area contributed by atoms with Crippen LogP contribution in [0.5, 0.6) is 0 Å². The van der Waals surface area contributed by atoms with E-state index in [4.69, 9.17) is 0 Å². The number of hydrogen-bond acceptors (Lipinski definition) is 3. The van der Waals surface area contributed by atoms with Gasteiger partial charge in [0.2, 0.25) is 0 Å². The van der Waals surface area contributed by atoms with E-state index in [1.165, 1.54) is 5.56 Å². The number of hydrogen-bond donors (Lipinski definition) is 1. The first-order valence-corrected chi connectivity index (χ1v) is 5.65. The second-order valence-electron chi connectivity index (χ2n) is 4.46. The summed E-state index contributed by atoms with van der Waals surface area (Å²) in [6, 6.07) is 4.04. The molecule has 0 aromatic carbocycles. The van der Waals surface area contributed by atoms with Crippen LogP contribution in [0.4, 0.5) is 0 Å². The van der Waals surface area contributed by atoms with E-state index >= 15 is 0 Å². The zero-order valence-electron chi connectivity index (χ0n) is 10.5. The number of Topliss-reactive ketones (excluding diaryl/α,β-unsaturated/α-hetero) is 1.